The van der Waals surface area contributed by atoms with Gasteiger partial charge in [-0.1, -0.05) is 0 Å². The van der Waals surface area contributed by atoms with Crippen LogP contribution in [0.15, 0.2) is 0 Å². The van der Waals surface area contributed by atoms with Gasteiger partial charge >= 0.3 is 61.5 Å². The summed E-state index contributed by atoms with van der Waals surface area (Å²) >= 11 is -2.16. The zero-order chi connectivity index (χ0) is 7.33. The van der Waals surface area contributed by atoms with Gasteiger partial charge in [0, 0.05) is 0 Å². The fraction of sp³-hybridized carbons (Fsp3) is 1.00. The van der Waals surface area contributed by atoms with Crippen LogP contribution in [-0.4, -0.2) is 13.2 Å². The zero-order valence-corrected chi connectivity index (χ0v) is 8.70. The molecule has 0 fully saturated rings. The summed E-state index contributed by atoms with van der Waals surface area (Å²) in [5.74, 6) is 0. The van der Waals surface area contributed by atoms with Gasteiger partial charge in [-0.3, -0.25) is 0 Å². The van der Waals surface area contributed by atoms with Crippen molar-refractivity contribution in [1.82, 2.24) is 0 Å². The second kappa shape index (κ2) is 6.31. The van der Waals surface area contributed by atoms with Crippen molar-refractivity contribution >= 4 is 0 Å². The summed E-state index contributed by atoms with van der Waals surface area (Å²) in [6.07, 6.45) is 0. The van der Waals surface area contributed by atoms with Crippen LogP contribution in [0.3, 0.4) is 0 Å². The third-order valence-electron chi connectivity index (χ3n) is 0.984. The first-order valence-electron chi connectivity index (χ1n) is 3.40. The Labute approximate surface area is 67.3 Å². The van der Waals surface area contributed by atoms with Crippen molar-refractivity contribution in [3.63, 3.8) is 0 Å². The Morgan fingerprint density at radius 3 is 1.50 bits per heavy atom. The van der Waals surface area contributed by atoms with Crippen molar-refractivity contribution < 1.29 is 29.5 Å². The van der Waals surface area contributed by atoms with E-state index in [1.54, 1.807) is 0 Å². The van der Waals surface area contributed by atoms with Crippen LogP contribution < -0.4 is 0 Å². The number of hydrogen-bond acceptors (Lipinski definition) is 2. The Hall–Kier alpha value is 0.594. The Bertz CT molecular complexity index is 67.4. The second-order valence-corrected chi connectivity index (χ2v) is 7.54. The summed E-state index contributed by atoms with van der Waals surface area (Å²) in [5, 5.41) is 4.21. The molecular formula is C6H16O3Ti-2. The van der Waals surface area contributed by atoms with Crippen LogP contribution in [0.2, 0.25) is 10.5 Å². The van der Waals surface area contributed by atoms with Crippen molar-refractivity contribution in [2.45, 2.75) is 24.3 Å². The molecule has 0 aliphatic rings. The van der Waals surface area contributed by atoms with Crippen LogP contribution in [0, 0.1) is 0 Å². The van der Waals surface area contributed by atoms with Gasteiger partial charge in [0.25, 0.3) is 0 Å². The van der Waals surface area contributed by atoms with E-state index in [0.717, 1.165) is 13.2 Å². The molecule has 0 bridgehead atoms. The summed E-state index contributed by atoms with van der Waals surface area (Å²) < 4.78 is 10.9. The van der Waals surface area contributed by atoms with Gasteiger partial charge in [0.2, 0.25) is 0 Å². The van der Waals surface area contributed by atoms with Crippen molar-refractivity contribution in [2.75, 3.05) is 13.2 Å². The van der Waals surface area contributed by atoms with Gasteiger partial charge in [0.15, 0.2) is 0 Å². The maximum atomic E-state index is 5.44. The fourth-order valence-electron chi connectivity index (χ4n) is 0.737. The minimum atomic E-state index is -2.16. The first-order valence-corrected chi connectivity index (χ1v) is 7.80. The van der Waals surface area contributed by atoms with Gasteiger partial charge in [-0.2, -0.15) is 0 Å². The van der Waals surface area contributed by atoms with Gasteiger partial charge in [0.1, 0.15) is 0 Å². The molecule has 0 aliphatic carbocycles. The molecule has 0 rings (SSSR count). The smallest absolute Gasteiger partial charge is 2.00 e. The molecule has 64 valence electrons. The summed E-state index contributed by atoms with van der Waals surface area (Å²) in [4.78, 5) is 0. The molecule has 0 aliphatic heterocycles. The summed E-state index contributed by atoms with van der Waals surface area (Å²) in [6.45, 7) is 5.58. The molecule has 0 saturated carbocycles. The fourth-order valence-corrected chi connectivity index (χ4v) is 3.04. The van der Waals surface area contributed by atoms with Crippen LogP contribution in [0.1, 0.15) is 13.8 Å². The number of rotatable bonds is 4. The van der Waals surface area contributed by atoms with E-state index in [4.69, 9.17) is 6.64 Å². The predicted molar refractivity (Wildman–Crippen MR) is 35.7 cm³/mol. The summed E-state index contributed by atoms with van der Waals surface area (Å²) in [5.41, 5.74) is 0. The molecule has 10 heavy (non-hydrogen) atoms. The maximum Gasteiger partial charge on any atom is -2.00 e. The van der Waals surface area contributed by atoms with Crippen molar-refractivity contribution in [1.29, 1.82) is 0 Å². The third kappa shape index (κ3) is 6.71. The van der Waals surface area contributed by atoms with E-state index in [2.05, 4.69) is 10.5 Å². The third-order valence-corrected chi connectivity index (χ3v) is 4.06. The Kier molecular flexibility index (Phi) is 8.34. The second-order valence-electron chi connectivity index (χ2n) is 2.27. The molecule has 0 N–H and O–H groups in total. The molecule has 0 radical (unpaired) electrons. The van der Waals surface area contributed by atoms with Crippen LogP contribution in [-0.2, 0) is 29.5 Å². The monoisotopic (exact) mass is 184 g/mol. The molecule has 0 aromatic heterocycles. The van der Waals surface area contributed by atoms with Crippen molar-refractivity contribution in [3.05, 3.63) is 0 Å². The molecule has 4 heteroatoms. The van der Waals surface area contributed by atoms with Crippen LogP contribution in [0.5, 0.6) is 0 Å². The van der Waals surface area contributed by atoms with Crippen LogP contribution in [0.25, 0.3) is 0 Å². The van der Waals surface area contributed by atoms with Gasteiger partial charge < -0.3 is 5.48 Å². The van der Waals surface area contributed by atoms with E-state index in [0.29, 0.717) is 0 Å². The minimum absolute atomic E-state index is 0. The Balaban J connectivity index is 0. The topological polar surface area (TPSA) is 47.0 Å². The molecule has 0 saturated heterocycles. The van der Waals surface area contributed by atoms with Crippen LogP contribution in [0.4, 0.5) is 0 Å². The quantitative estimate of drug-likeness (QED) is 0.627. The molecule has 3 nitrogen and oxygen atoms in total. The molecular weight excluding hydrogens is 168 g/mol. The van der Waals surface area contributed by atoms with Gasteiger partial charge in [-0.05, 0) is 0 Å². The molecule has 0 heterocycles. The SMILES string of the molecule is CC[O][Ti]([CH3])([CH3])[O]CC.[O-2]. The van der Waals surface area contributed by atoms with Gasteiger partial charge in [0.05, 0.1) is 0 Å². The minimum Gasteiger partial charge on any atom is -2.00 e. The predicted octanol–water partition coefficient (Wildman–Crippen LogP) is 2.02. The molecule has 0 amide bonds. The first-order chi connectivity index (χ1) is 4.12. The molecule has 0 spiro atoms. The van der Waals surface area contributed by atoms with E-state index in [-0.39, 0.29) is 5.48 Å². The van der Waals surface area contributed by atoms with E-state index < -0.39 is 17.4 Å². The largest absolute Gasteiger partial charge is 2.00 e. The first kappa shape index (κ1) is 13.2. The maximum absolute atomic E-state index is 5.44. The average Bonchev–Trinajstić information content (AvgIpc) is 1.64. The van der Waals surface area contributed by atoms with Crippen molar-refractivity contribution in [3.8, 4) is 0 Å². The van der Waals surface area contributed by atoms with Crippen molar-refractivity contribution in [2.24, 2.45) is 0 Å². The Morgan fingerprint density at radius 1 is 1.00 bits per heavy atom. The normalized spacial score (nSPS) is 10.8. The van der Waals surface area contributed by atoms with E-state index in [1.165, 1.54) is 0 Å². The summed E-state index contributed by atoms with van der Waals surface area (Å²) in [7, 11) is 0. The number of hydrogen-bond donors (Lipinski definition) is 0. The van der Waals surface area contributed by atoms with Gasteiger partial charge in [-0.15, -0.1) is 0 Å². The van der Waals surface area contributed by atoms with E-state index >= 15 is 0 Å². The molecule has 0 atom stereocenters. The summed E-state index contributed by atoms with van der Waals surface area (Å²) in [6, 6.07) is 0. The zero-order valence-electron chi connectivity index (χ0n) is 7.14. The molecule has 0 aromatic rings. The van der Waals surface area contributed by atoms with Gasteiger partial charge in [-0.25, -0.2) is 0 Å². The van der Waals surface area contributed by atoms with E-state index in [1.807, 2.05) is 13.8 Å². The Morgan fingerprint density at radius 2 is 1.30 bits per heavy atom. The van der Waals surface area contributed by atoms with E-state index in [9.17, 15) is 0 Å². The molecule has 0 unspecified atom stereocenters. The molecule has 0 aromatic carbocycles. The standard InChI is InChI=1S/2C2H5O.2CH3.O.Ti/c2*1-2-3;;;;/h2*2H2,1H3;2*1H3;;/q2*-1;;;-2;+2. The average molecular weight is 184 g/mol. The van der Waals surface area contributed by atoms with Crippen LogP contribution >= 0.6 is 0 Å².